The fourth-order valence-corrected chi connectivity index (χ4v) is 4.39. The molecule has 0 unspecified atom stereocenters. The van der Waals surface area contributed by atoms with E-state index in [4.69, 9.17) is 4.74 Å². The molecule has 2 aromatic carbocycles. The molecule has 33 heavy (non-hydrogen) atoms. The maximum absolute atomic E-state index is 15.5. The van der Waals surface area contributed by atoms with Gasteiger partial charge in [0.15, 0.2) is 10.6 Å². The fraction of sp³-hybridized carbons (Fsp3) is 0.130. The maximum atomic E-state index is 15.5. The maximum Gasteiger partial charge on any atom is 0.416 e. The minimum absolute atomic E-state index is 0.109. The Bertz CT molecular complexity index is 1370. The van der Waals surface area contributed by atoms with Crippen molar-refractivity contribution in [3.63, 3.8) is 0 Å². The van der Waals surface area contributed by atoms with Gasteiger partial charge in [-0.3, -0.25) is 4.57 Å². The Morgan fingerprint density at radius 2 is 2.00 bits per heavy atom. The van der Waals surface area contributed by atoms with Gasteiger partial charge in [0.1, 0.15) is 17.4 Å². The van der Waals surface area contributed by atoms with Gasteiger partial charge < -0.3 is 9.84 Å². The lowest BCUT2D eigenvalue weighted by molar-refractivity contribution is -0.139. The Kier molecular flexibility index (Phi) is 5.71. The molecule has 0 amide bonds. The van der Waals surface area contributed by atoms with Gasteiger partial charge in [-0.2, -0.15) is 17.6 Å². The van der Waals surface area contributed by atoms with E-state index in [2.05, 4.69) is 11.6 Å². The van der Waals surface area contributed by atoms with Crippen LogP contribution in [0.15, 0.2) is 55.4 Å². The van der Waals surface area contributed by atoms with Crippen molar-refractivity contribution in [3.05, 3.63) is 82.8 Å². The molecule has 4 rings (SSSR count). The van der Waals surface area contributed by atoms with Crippen LogP contribution >= 0.6 is 11.3 Å². The molecule has 1 N–H and O–H groups in total. The molecule has 0 aliphatic heterocycles. The summed E-state index contributed by atoms with van der Waals surface area (Å²) in [5, 5.41) is 9.50. The lowest BCUT2D eigenvalue weighted by atomic mass is 10.0. The van der Waals surface area contributed by atoms with Crippen molar-refractivity contribution in [2.24, 2.45) is 0 Å². The molecule has 0 saturated carbocycles. The zero-order valence-electron chi connectivity index (χ0n) is 17.1. The third kappa shape index (κ3) is 4.09. The van der Waals surface area contributed by atoms with Crippen LogP contribution in [0.1, 0.15) is 39.4 Å². The van der Waals surface area contributed by atoms with E-state index in [1.54, 1.807) is 24.3 Å². The number of nitrogens with zero attached hydrogens (tertiary/aromatic N) is 2. The van der Waals surface area contributed by atoms with E-state index < -0.39 is 40.3 Å². The van der Waals surface area contributed by atoms with Crippen molar-refractivity contribution >= 4 is 34.4 Å². The van der Waals surface area contributed by atoms with E-state index in [-0.39, 0.29) is 10.6 Å². The molecule has 0 radical (unpaired) electrons. The highest BCUT2D eigenvalue weighted by Crippen LogP contribution is 2.42. The third-order valence-electron chi connectivity index (χ3n) is 5.01. The zero-order valence-corrected chi connectivity index (χ0v) is 17.9. The monoisotopic (exact) mass is 476 g/mol. The summed E-state index contributed by atoms with van der Waals surface area (Å²) >= 11 is 0.603. The SMILES string of the molecule is C=Cc1ccc2ncn(-c3sc(C(=O)O)c(O[C@H](C)c4ccccc4C(F)(F)F)c3F)c2c1. The topological polar surface area (TPSA) is 64.4 Å². The van der Waals surface area contributed by atoms with Gasteiger partial charge in [0.25, 0.3) is 0 Å². The Morgan fingerprint density at radius 1 is 1.27 bits per heavy atom. The summed E-state index contributed by atoms with van der Waals surface area (Å²) in [5.74, 6) is -3.10. The molecule has 0 saturated heterocycles. The van der Waals surface area contributed by atoms with Gasteiger partial charge >= 0.3 is 12.1 Å². The number of hydrogen-bond donors (Lipinski definition) is 1. The van der Waals surface area contributed by atoms with Crippen molar-refractivity contribution in [1.29, 1.82) is 0 Å². The molecule has 2 aromatic heterocycles. The number of halogens is 4. The van der Waals surface area contributed by atoms with Crippen molar-refractivity contribution in [2.75, 3.05) is 0 Å². The molecule has 0 fully saturated rings. The Balaban J connectivity index is 1.81. The van der Waals surface area contributed by atoms with Gasteiger partial charge in [0.05, 0.1) is 16.6 Å². The van der Waals surface area contributed by atoms with Gasteiger partial charge in [-0.25, -0.2) is 9.78 Å². The van der Waals surface area contributed by atoms with E-state index >= 15 is 4.39 Å². The van der Waals surface area contributed by atoms with Gasteiger partial charge in [-0.05, 0) is 30.7 Å². The minimum Gasteiger partial charge on any atom is -0.481 e. The number of rotatable bonds is 6. The summed E-state index contributed by atoms with van der Waals surface area (Å²) < 4.78 is 62.5. The van der Waals surface area contributed by atoms with E-state index in [0.717, 1.165) is 11.6 Å². The highest BCUT2D eigenvalue weighted by molar-refractivity contribution is 7.16. The van der Waals surface area contributed by atoms with Crippen LogP contribution in [0.3, 0.4) is 0 Å². The highest BCUT2D eigenvalue weighted by atomic mass is 32.1. The fourth-order valence-electron chi connectivity index (χ4n) is 3.45. The second-order valence-electron chi connectivity index (χ2n) is 7.10. The lowest BCUT2D eigenvalue weighted by Gasteiger charge is -2.19. The molecule has 10 heteroatoms. The average molecular weight is 476 g/mol. The van der Waals surface area contributed by atoms with Crippen LogP contribution in [-0.4, -0.2) is 20.6 Å². The molecule has 0 aliphatic carbocycles. The molecule has 1 atom stereocenters. The number of carbonyl (C=O) groups is 1. The molecule has 2 heterocycles. The summed E-state index contributed by atoms with van der Waals surface area (Å²) in [6.07, 6.45) is -2.99. The number of fused-ring (bicyclic) bond motifs is 1. The second kappa shape index (κ2) is 8.36. The van der Waals surface area contributed by atoms with Gasteiger partial charge in [0.2, 0.25) is 5.82 Å². The number of benzene rings is 2. The largest absolute Gasteiger partial charge is 0.481 e. The van der Waals surface area contributed by atoms with Crippen LogP contribution in [0.2, 0.25) is 0 Å². The van der Waals surface area contributed by atoms with Crippen LogP contribution < -0.4 is 4.74 Å². The molecule has 5 nitrogen and oxygen atoms in total. The number of ether oxygens (including phenoxy) is 1. The normalized spacial score (nSPS) is 12.6. The van der Waals surface area contributed by atoms with Gasteiger partial charge in [0, 0.05) is 5.56 Å². The van der Waals surface area contributed by atoms with E-state index in [1.807, 2.05) is 0 Å². The van der Waals surface area contributed by atoms with E-state index in [9.17, 15) is 23.1 Å². The molecule has 0 bridgehead atoms. The summed E-state index contributed by atoms with van der Waals surface area (Å²) in [4.78, 5) is 15.5. The second-order valence-corrected chi connectivity index (χ2v) is 8.10. The number of hydrogen-bond acceptors (Lipinski definition) is 4. The van der Waals surface area contributed by atoms with Crippen LogP contribution in [-0.2, 0) is 6.18 Å². The number of thiophene rings is 1. The van der Waals surface area contributed by atoms with Crippen LogP contribution in [0.4, 0.5) is 17.6 Å². The zero-order chi connectivity index (χ0) is 23.9. The van der Waals surface area contributed by atoms with Crippen LogP contribution in [0.25, 0.3) is 22.1 Å². The first-order valence-corrected chi connectivity index (χ1v) is 10.4. The summed E-state index contributed by atoms with van der Waals surface area (Å²) in [6, 6.07) is 9.91. The Hall–Kier alpha value is -3.66. The number of carboxylic acid groups (broad SMARTS) is 1. The Labute approximate surface area is 189 Å². The van der Waals surface area contributed by atoms with Crippen molar-refractivity contribution in [2.45, 2.75) is 19.2 Å². The predicted molar refractivity (Wildman–Crippen MR) is 116 cm³/mol. The summed E-state index contributed by atoms with van der Waals surface area (Å²) in [5.41, 5.74) is 0.611. The first-order chi connectivity index (χ1) is 15.6. The lowest BCUT2D eigenvalue weighted by Crippen LogP contribution is -2.14. The van der Waals surface area contributed by atoms with Gasteiger partial charge in [-0.15, -0.1) is 11.3 Å². The summed E-state index contributed by atoms with van der Waals surface area (Å²) in [7, 11) is 0. The summed E-state index contributed by atoms with van der Waals surface area (Å²) in [6.45, 7) is 4.99. The van der Waals surface area contributed by atoms with Crippen molar-refractivity contribution in [3.8, 4) is 10.8 Å². The quantitative estimate of drug-likeness (QED) is 0.314. The number of aromatic nitrogens is 2. The minimum atomic E-state index is -4.65. The smallest absolute Gasteiger partial charge is 0.416 e. The first kappa shape index (κ1) is 22.5. The molecule has 0 aliphatic rings. The average Bonchev–Trinajstić information content (AvgIpc) is 3.33. The standard InChI is InChI=1S/C23H16F4N2O3S/c1-3-13-8-9-16-17(10-13)29(11-28-16)21-18(24)19(20(33-21)22(30)31)32-12(2)14-6-4-5-7-15(14)23(25,26)27/h3-12H,1H2,2H3,(H,30,31)/t12-/m1/s1. The number of imidazole rings is 1. The molecular weight excluding hydrogens is 460 g/mol. The molecule has 4 aromatic rings. The van der Waals surface area contributed by atoms with Crippen LogP contribution in [0.5, 0.6) is 5.75 Å². The molecular formula is C23H16F4N2O3S. The predicted octanol–water partition coefficient (Wildman–Crippen LogP) is 6.73. The van der Waals surface area contributed by atoms with Gasteiger partial charge in [-0.1, -0.05) is 36.9 Å². The number of carboxylic acids is 1. The highest BCUT2D eigenvalue weighted by Gasteiger charge is 2.35. The van der Waals surface area contributed by atoms with Crippen LogP contribution in [0, 0.1) is 5.82 Å². The Morgan fingerprint density at radius 3 is 2.67 bits per heavy atom. The number of alkyl halides is 3. The molecule has 170 valence electrons. The van der Waals surface area contributed by atoms with Crippen molar-refractivity contribution in [1.82, 2.24) is 9.55 Å². The third-order valence-corrected chi connectivity index (χ3v) is 6.14. The number of aromatic carboxylic acids is 1. The first-order valence-electron chi connectivity index (χ1n) is 9.60. The van der Waals surface area contributed by atoms with E-state index in [1.165, 1.54) is 36.0 Å². The van der Waals surface area contributed by atoms with Crippen molar-refractivity contribution < 1.29 is 32.2 Å². The molecule has 0 spiro atoms. The van der Waals surface area contributed by atoms with E-state index in [0.29, 0.717) is 22.4 Å².